The van der Waals surface area contributed by atoms with Crippen molar-refractivity contribution in [2.75, 3.05) is 13.2 Å². The van der Waals surface area contributed by atoms with E-state index in [-0.39, 0.29) is 31.1 Å². The van der Waals surface area contributed by atoms with Gasteiger partial charge in [-0.05, 0) is 109 Å². The third-order valence-corrected chi connectivity index (χ3v) is 11.6. The van der Waals surface area contributed by atoms with Gasteiger partial charge in [0.05, 0.1) is 0 Å². The number of esters is 3. The fourth-order valence-electron chi connectivity index (χ4n) is 7.48. The Balaban J connectivity index is 4.41. The second-order valence-corrected chi connectivity index (χ2v) is 18.1. The Morgan fingerprint density at radius 2 is 0.585 bits per heavy atom. The SMILES string of the molecule is CCC/C=C\C/C=C\CCCCCCCC(=O)OCC(COC(=O)CCCCCCCC/C=C\C/C=C\C/C=C\CCCCC)OC(=O)CCCCCCC/C=C\CCCCCCCC. The van der Waals surface area contributed by atoms with Gasteiger partial charge in [-0.1, -0.05) is 209 Å². The Hall–Kier alpha value is -3.15. The van der Waals surface area contributed by atoms with Gasteiger partial charge in [0.2, 0.25) is 0 Å². The first-order valence-corrected chi connectivity index (χ1v) is 27.4. The van der Waals surface area contributed by atoms with Crippen LogP contribution in [-0.4, -0.2) is 37.2 Å². The maximum Gasteiger partial charge on any atom is 0.306 e. The molecular weight excluding hydrogens is 805 g/mol. The summed E-state index contributed by atoms with van der Waals surface area (Å²) >= 11 is 0. The van der Waals surface area contributed by atoms with Crippen LogP contribution in [0.15, 0.2) is 72.9 Å². The van der Waals surface area contributed by atoms with Crippen LogP contribution in [0.2, 0.25) is 0 Å². The van der Waals surface area contributed by atoms with Crippen LogP contribution in [0.1, 0.15) is 265 Å². The van der Waals surface area contributed by atoms with Crippen molar-refractivity contribution in [3.05, 3.63) is 72.9 Å². The van der Waals surface area contributed by atoms with E-state index >= 15 is 0 Å². The van der Waals surface area contributed by atoms with Gasteiger partial charge in [-0.3, -0.25) is 14.4 Å². The summed E-state index contributed by atoms with van der Waals surface area (Å²) in [6, 6.07) is 0. The predicted molar refractivity (Wildman–Crippen MR) is 279 cm³/mol. The zero-order valence-corrected chi connectivity index (χ0v) is 42.7. The standard InChI is InChI=1S/C59H102O6/c1-4-7-10-13-16-19-22-25-27-28-29-30-32-34-37-40-43-46-49-52-58(61)64-55-56(54-63-57(60)51-48-45-42-39-36-33-24-21-18-15-12-9-6-3)65-59(62)53-50-47-44-41-38-35-31-26-23-20-17-14-11-8-5-2/h12,15-16,19,21,24-27,29-31,56H,4-11,13-14,17-18,20,22-23,28,32-55H2,1-3H3/b15-12-,19-16-,24-21-,27-25-,30-29-,31-26-. The lowest BCUT2D eigenvalue weighted by Crippen LogP contribution is -2.30. The topological polar surface area (TPSA) is 78.9 Å². The van der Waals surface area contributed by atoms with Gasteiger partial charge in [0.15, 0.2) is 6.10 Å². The van der Waals surface area contributed by atoms with E-state index in [2.05, 4.69) is 93.7 Å². The summed E-state index contributed by atoms with van der Waals surface area (Å²) < 4.78 is 16.8. The Morgan fingerprint density at radius 3 is 0.969 bits per heavy atom. The average molecular weight is 907 g/mol. The molecule has 0 bridgehead atoms. The van der Waals surface area contributed by atoms with Crippen LogP contribution in [0, 0.1) is 0 Å². The molecule has 0 aliphatic carbocycles. The van der Waals surface area contributed by atoms with E-state index in [1.807, 2.05) is 0 Å². The van der Waals surface area contributed by atoms with E-state index in [1.165, 1.54) is 103 Å². The molecule has 0 saturated carbocycles. The molecule has 0 fully saturated rings. The Labute approximate surface area is 402 Å². The second kappa shape index (κ2) is 53.5. The normalized spacial score (nSPS) is 12.6. The van der Waals surface area contributed by atoms with Crippen molar-refractivity contribution >= 4 is 17.9 Å². The fourth-order valence-corrected chi connectivity index (χ4v) is 7.48. The van der Waals surface area contributed by atoms with Gasteiger partial charge in [0.1, 0.15) is 13.2 Å². The number of hydrogen-bond acceptors (Lipinski definition) is 6. The third kappa shape index (κ3) is 51.7. The maximum atomic E-state index is 12.8. The van der Waals surface area contributed by atoms with Crippen LogP contribution in [0.4, 0.5) is 0 Å². The maximum absolute atomic E-state index is 12.8. The second-order valence-electron chi connectivity index (χ2n) is 18.1. The number of carbonyl (C=O) groups is 3. The van der Waals surface area contributed by atoms with Gasteiger partial charge in [0, 0.05) is 19.3 Å². The van der Waals surface area contributed by atoms with Crippen LogP contribution in [0.25, 0.3) is 0 Å². The zero-order valence-electron chi connectivity index (χ0n) is 42.7. The summed E-state index contributed by atoms with van der Waals surface area (Å²) in [5, 5.41) is 0. The van der Waals surface area contributed by atoms with Gasteiger partial charge in [-0.15, -0.1) is 0 Å². The minimum Gasteiger partial charge on any atom is -0.462 e. The van der Waals surface area contributed by atoms with Gasteiger partial charge in [-0.25, -0.2) is 0 Å². The minimum atomic E-state index is -0.791. The van der Waals surface area contributed by atoms with Crippen molar-refractivity contribution in [1.29, 1.82) is 0 Å². The summed E-state index contributed by atoms with van der Waals surface area (Å²) in [6.07, 6.45) is 67.4. The summed E-state index contributed by atoms with van der Waals surface area (Å²) in [5.41, 5.74) is 0. The molecule has 6 nitrogen and oxygen atoms in total. The number of rotatable bonds is 49. The van der Waals surface area contributed by atoms with Crippen LogP contribution in [0.5, 0.6) is 0 Å². The summed E-state index contributed by atoms with van der Waals surface area (Å²) in [6.45, 7) is 6.52. The number of hydrogen-bond donors (Lipinski definition) is 0. The van der Waals surface area contributed by atoms with E-state index in [0.717, 1.165) is 122 Å². The van der Waals surface area contributed by atoms with Gasteiger partial charge >= 0.3 is 17.9 Å². The first-order valence-electron chi connectivity index (χ1n) is 27.4. The van der Waals surface area contributed by atoms with E-state index in [4.69, 9.17) is 14.2 Å². The quantitative estimate of drug-likeness (QED) is 0.0262. The van der Waals surface area contributed by atoms with Gasteiger partial charge < -0.3 is 14.2 Å². The molecule has 65 heavy (non-hydrogen) atoms. The van der Waals surface area contributed by atoms with Crippen molar-refractivity contribution < 1.29 is 28.6 Å². The van der Waals surface area contributed by atoms with Crippen molar-refractivity contribution in [1.82, 2.24) is 0 Å². The van der Waals surface area contributed by atoms with E-state index in [9.17, 15) is 14.4 Å². The molecule has 0 heterocycles. The Kier molecular flexibility index (Phi) is 50.9. The van der Waals surface area contributed by atoms with Gasteiger partial charge in [0.25, 0.3) is 0 Å². The molecule has 0 saturated heterocycles. The lowest BCUT2D eigenvalue weighted by atomic mass is 10.1. The Bertz CT molecular complexity index is 1230. The van der Waals surface area contributed by atoms with E-state index in [1.54, 1.807) is 0 Å². The molecule has 1 atom stereocenters. The van der Waals surface area contributed by atoms with Crippen LogP contribution in [0.3, 0.4) is 0 Å². The van der Waals surface area contributed by atoms with Crippen LogP contribution < -0.4 is 0 Å². The highest BCUT2D eigenvalue weighted by Crippen LogP contribution is 2.14. The minimum absolute atomic E-state index is 0.0901. The molecule has 0 aliphatic heterocycles. The summed E-state index contributed by atoms with van der Waals surface area (Å²) in [4.78, 5) is 38.1. The third-order valence-electron chi connectivity index (χ3n) is 11.6. The highest BCUT2D eigenvalue weighted by molar-refractivity contribution is 5.71. The molecule has 0 aromatic rings. The molecule has 0 rings (SSSR count). The largest absolute Gasteiger partial charge is 0.462 e. The number of unbranched alkanes of at least 4 members (excludes halogenated alkanes) is 26. The van der Waals surface area contributed by atoms with Crippen molar-refractivity contribution in [3.8, 4) is 0 Å². The predicted octanol–water partition coefficient (Wildman–Crippen LogP) is 18.2. The summed E-state index contributed by atoms with van der Waals surface area (Å²) in [7, 11) is 0. The zero-order chi connectivity index (χ0) is 47.2. The molecule has 0 radical (unpaired) electrons. The first-order chi connectivity index (χ1) is 32.0. The van der Waals surface area contributed by atoms with Crippen molar-refractivity contribution in [2.24, 2.45) is 0 Å². The van der Waals surface area contributed by atoms with Crippen molar-refractivity contribution in [3.63, 3.8) is 0 Å². The fraction of sp³-hybridized carbons (Fsp3) is 0.746. The molecular formula is C59H102O6. The summed E-state index contributed by atoms with van der Waals surface area (Å²) in [5.74, 6) is -0.920. The number of ether oxygens (including phenoxy) is 3. The van der Waals surface area contributed by atoms with E-state index < -0.39 is 6.10 Å². The molecule has 374 valence electrons. The molecule has 6 heteroatoms. The highest BCUT2D eigenvalue weighted by Gasteiger charge is 2.19. The highest BCUT2D eigenvalue weighted by atomic mass is 16.6. The monoisotopic (exact) mass is 907 g/mol. The average Bonchev–Trinajstić information content (AvgIpc) is 3.30. The van der Waals surface area contributed by atoms with Crippen LogP contribution in [-0.2, 0) is 28.6 Å². The first kappa shape index (κ1) is 61.9. The van der Waals surface area contributed by atoms with Crippen molar-refractivity contribution in [2.45, 2.75) is 271 Å². The number of carbonyl (C=O) groups excluding carboxylic acids is 3. The molecule has 0 aliphatic rings. The van der Waals surface area contributed by atoms with Gasteiger partial charge in [-0.2, -0.15) is 0 Å². The molecule has 0 N–H and O–H groups in total. The molecule has 0 amide bonds. The van der Waals surface area contributed by atoms with Crippen LogP contribution >= 0.6 is 0 Å². The number of allylic oxidation sites excluding steroid dienone is 12. The van der Waals surface area contributed by atoms with E-state index in [0.29, 0.717) is 19.3 Å². The lowest BCUT2D eigenvalue weighted by molar-refractivity contribution is -0.167. The molecule has 0 aromatic heterocycles. The lowest BCUT2D eigenvalue weighted by Gasteiger charge is -2.18. The molecule has 0 aromatic carbocycles. The molecule has 0 spiro atoms. The smallest absolute Gasteiger partial charge is 0.306 e. The Morgan fingerprint density at radius 1 is 0.308 bits per heavy atom. The molecule has 1 unspecified atom stereocenters.